The summed E-state index contributed by atoms with van der Waals surface area (Å²) in [6, 6.07) is 20.7. The standard InChI is InChI=1S/C29H31ClN4O/c1-3-14-34(19-20-5-9-26-21(16-20)11-13-31-26)15-4-12-32-29-24-8-6-22(30)17-28(24)33-27-10-7-23(35-2)18-25(27)29/h5-11,13,16-18,31H,3-4,12,14-15,19H2,1-2H3,(H,32,33). The van der Waals surface area contributed by atoms with Crippen molar-refractivity contribution in [2.24, 2.45) is 0 Å². The van der Waals surface area contributed by atoms with E-state index in [0.717, 1.165) is 72.3 Å². The Kier molecular flexibility index (Phi) is 7.07. The number of benzene rings is 3. The van der Waals surface area contributed by atoms with E-state index in [-0.39, 0.29) is 0 Å². The van der Waals surface area contributed by atoms with E-state index < -0.39 is 0 Å². The molecular weight excluding hydrogens is 456 g/mol. The molecule has 0 aliphatic heterocycles. The molecule has 0 bridgehead atoms. The molecule has 5 aromatic rings. The van der Waals surface area contributed by atoms with E-state index in [2.05, 4.69) is 52.5 Å². The van der Waals surface area contributed by atoms with Crippen molar-refractivity contribution in [2.45, 2.75) is 26.3 Å². The van der Waals surface area contributed by atoms with Crippen LogP contribution < -0.4 is 10.1 Å². The van der Waals surface area contributed by atoms with E-state index in [1.165, 1.54) is 16.5 Å². The molecule has 2 N–H and O–H groups in total. The first-order chi connectivity index (χ1) is 17.1. The van der Waals surface area contributed by atoms with Gasteiger partial charge in [0.2, 0.25) is 0 Å². The molecule has 5 nitrogen and oxygen atoms in total. The summed E-state index contributed by atoms with van der Waals surface area (Å²) >= 11 is 6.27. The summed E-state index contributed by atoms with van der Waals surface area (Å²) in [5, 5.41) is 7.81. The van der Waals surface area contributed by atoms with Crippen molar-refractivity contribution in [3.63, 3.8) is 0 Å². The molecule has 0 atom stereocenters. The zero-order chi connectivity index (χ0) is 24.2. The van der Waals surface area contributed by atoms with Gasteiger partial charge in [-0.15, -0.1) is 0 Å². The molecule has 0 radical (unpaired) electrons. The molecule has 3 aromatic carbocycles. The summed E-state index contributed by atoms with van der Waals surface area (Å²) in [5.74, 6) is 0.823. The van der Waals surface area contributed by atoms with Crippen LogP contribution in [0.2, 0.25) is 5.02 Å². The highest BCUT2D eigenvalue weighted by atomic mass is 35.5. The van der Waals surface area contributed by atoms with Gasteiger partial charge in [-0.1, -0.05) is 24.6 Å². The Morgan fingerprint density at radius 2 is 1.89 bits per heavy atom. The van der Waals surface area contributed by atoms with Gasteiger partial charge in [-0.05, 0) is 84.9 Å². The molecule has 2 heterocycles. The van der Waals surface area contributed by atoms with Crippen molar-refractivity contribution in [2.75, 3.05) is 32.1 Å². The largest absolute Gasteiger partial charge is 0.497 e. The van der Waals surface area contributed by atoms with Crippen molar-refractivity contribution in [1.82, 2.24) is 14.9 Å². The van der Waals surface area contributed by atoms with Gasteiger partial charge in [0.25, 0.3) is 0 Å². The number of methoxy groups -OCH3 is 1. The number of halogens is 1. The molecule has 0 aliphatic carbocycles. The van der Waals surface area contributed by atoms with Crippen molar-refractivity contribution in [1.29, 1.82) is 0 Å². The van der Waals surface area contributed by atoms with Gasteiger partial charge in [0.1, 0.15) is 5.75 Å². The second-order valence-electron chi connectivity index (χ2n) is 8.99. The lowest BCUT2D eigenvalue weighted by Crippen LogP contribution is -2.26. The molecule has 0 fully saturated rings. The van der Waals surface area contributed by atoms with Gasteiger partial charge in [-0.25, -0.2) is 4.98 Å². The normalized spacial score (nSPS) is 11.7. The fourth-order valence-corrected chi connectivity index (χ4v) is 4.94. The van der Waals surface area contributed by atoms with Gasteiger partial charge in [0, 0.05) is 47.1 Å². The van der Waals surface area contributed by atoms with E-state index in [1.54, 1.807) is 7.11 Å². The third-order valence-electron chi connectivity index (χ3n) is 6.46. The van der Waals surface area contributed by atoms with Crippen LogP contribution in [0.1, 0.15) is 25.3 Å². The molecule has 35 heavy (non-hydrogen) atoms. The predicted molar refractivity (Wildman–Crippen MR) is 148 cm³/mol. The highest BCUT2D eigenvalue weighted by molar-refractivity contribution is 6.31. The number of anilines is 1. The van der Waals surface area contributed by atoms with Gasteiger partial charge in [-0.2, -0.15) is 0 Å². The Bertz CT molecular complexity index is 1460. The van der Waals surface area contributed by atoms with Crippen LogP contribution in [0.25, 0.3) is 32.7 Å². The van der Waals surface area contributed by atoms with Crippen molar-refractivity contribution >= 4 is 50.0 Å². The van der Waals surface area contributed by atoms with Gasteiger partial charge in [-0.3, -0.25) is 4.90 Å². The Balaban J connectivity index is 1.32. The number of aromatic amines is 1. The van der Waals surface area contributed by atoms with E-state index in [0.29, 0.717) is 5.02 Å². The predicted octanol–water partition coefficient (Wildman–Crippen LogP) is 7.25. The van der Waals surface area contributed by atoms with Gasteiger partial charge in [0.05, 0.1) is 23.8 Å². The molecule has 6 heteroatoms. The SMILES string of the molecule is CCCN(CCCNc1c2ccc(Cl)cc2nc2ccc(OC)cc12)Cc1ccc2[nH]ccc2c1. The number of fused-ring (bicyclic) bond motifs is 3. The van der Waals surface area contributed by atoms with Gasteiger partial charge in [0.15, 0.2) is 0 Å². The maximum Gasteiger partial charge on any atom is 0.119 e. The molecule has 2 aromatic heterocycles. The number of hydrogen-bond acceptors (Lipinski definition) is 4. The first-order valence-electron chi connectivity index (χ1n) is 12.2. The molecule has 180 valence electrons. The van der Waals surface area contributed by atoms with Gasteiger partial charge >= 0.3 is 0 Å². The smallest absolute Gasteiger partial charge is 0.119 e. The zero-order valence-electron chi connectivity index (χ0n) is 20.3. The summed E-state index contributed by atoms with van der Waals surface area (Å²) in [4.78, 5) is 10.6. The van der Waals surface area contributed by atoms with Crippen LogP contribution in [0, 0.1) is 0 Å². The first kappa shape index (κ1) is 23.5. The summed E-state index contributed by atoms with van der Waals surface area (Å²) in [5.41, 5.74) is 5.45. The third kappa shape index (κ3) is 5.21. The van der Waals surface area contributed by atoms with E-state index in [4.69, 9.17) is 21.3 Å². The highest BCUT2D eigenvalue weighted by Gasteiger charge is 2.12. The van der Waals surface area contributed by atoms with E-state index >= 15 is 0 Å². The van der Waals surface area contributed by atoms with E-state index in [1.807, 2.05) is 36.5 Å². The van der Waals surface area contributed by atoms with Crippen molar-refractivity contribution in [3.05, 3.63) is 77.4 Å². The highest BCUT2D eigenvalue weighted by Crippen LogP contribution is 2.34. The maximum absolute atomic E-state index is 6.27. The topological polar surface area (TPSA) is 53.2 Å². The van der Waals surface area contributed by atoms with Gasteiger partial charge < -0.3 is 15.0 Å². The maximum atomic E-state index is 6.27. The monoisotopic (exact) mass is 486 g/mol. The lowest BCUT2D eigenvalue weighted by Gasteiger charge is -2.22. The van der Waals surface area contributed by atoms with Crippen LogP contribution in [0.15, 0.2) is 66.9 Å². The number of ether oxygens (including phenoxy) is 1. The van der Waals surface area contributed by atoms with Crippen LogP contribution >= 0.6 is 11.6 Å². The minimum atomic E-state index is 0.692. The number of nitrogens with one attached hydrogen (secondary N) is 2. The quantitative estimate of drug-likeness (QED) is 0.161. The zero-order valence-corrected chi connectivity index (χ0v) is 21.0. The third-order valence-corrected chi connectivity index (χ3v) is 6.69. The molecule has 5 rings (SSSR count). The Labute approximate surface area is 211 Å². The lowest BCUT2D eigenvalue weighted by molar-refractivity contribution is 0.265. The minimum absolute atomic E-state index is 0.692. The Hall–Kier alpha value is -3.28. The van der Waals surface area contributed by atoms with E-state index in [9.17, 15) is 0 Å². The lowest BCUT2D eigenvalue weighted by atomic mass is 10.1. The molecule has 0 spiro atoms. The van der Waals surface area contributed by atoms with Crippen LogP contribution in [0.5, 0.6) is 5.75 Å². The molecular formula is C29H31ClN4O. The second-order valence-corrected chi connectivity index (χ2v) is 9.42. The number of rotatable bonds is 10. The second kappa shape index (κ2) is 10.5. The number of aromatic nitrogens is 2. The molecule has 0 unspecified atom stereocenters. The van der Waals surface area contributed by atoms with Crippen LogP contribution in [-0.4, -0.2) is 41.6 Å². The number of pyridine rings is 1. The molecule has 0 amide bonds. The Morgan fingerprint density at radius 3 is 2.74 bits per heavy atom. The molecule has 0 aliphatic rings. The van der Waals surface area contributed by atoms with Crippen LogP contribution in [0.3, 0.4) is 0 Å². The fourth-order valence-electron chi connectivity index (χ4n) is 4.78. The van der Waals surface area contributed by atoms with Crippen LogP contribution in [0.4, 0.5) is 5.69 Å². The van der Waals surface area contributed by atoms with Crippen LogP contribution in [-0.2, 0) is 6.54 Å². The fraction of sp³-hybridized carbons (Fsp3) is 0.276. The van der Waals surface area contributed by atoms with Crippen molar-refractivity contribution in [3.8, 4) is 5.75 Å². The molecule has 0 saturated carbocycles. The average Bonchev–Trinajstić information content (AvgIpc) is 3.33. The number of H-pyrrole nitrogens is 1. The number of nitrogens with zero attached hydrogens (tertiary/aromatic N) is 2. The summed E-state index contributed by atoms with van der Waals surface area (Å²) in [6.45, 7) is 6.19. The molecule has 0 saturated heterocycles. The summed E-state index contributed by atoms with van der Waals surface area (Å²) < 4.78 is 5.49. The number of hydrogen-bond donors (Lipinski definition) is 2. The van der Waals surface area contributed by atoms with Crippen molar-refractivity contribution < 1.29 is 4.74 Å². The summed E-state index contributed by atoms with van der Waals surface area (Å²) in [6.07, 6.45) is 4.18. The Morgan fingerprint density at radius 1 is 0.971 bits per heavy atom. The summed E-state index contributed by atoms with van der Waals surface area (Å²) in [7, 11) is 1.69. The average molecular weight is 487 g/mol. The minimum Gasteiger partial charge on any atom is -0.497 e. The first-order valence-corrected chi connectivity index (χ1v) is 12.6.